The lowest BCUT2D eigenvalue weighted by molar-refractivity contribution is -0.142. The Bertz CT molecular complexity index is 1220. The number of alkyl halides is 3. The molecule has 1 aliphatic rings. The summed E-state index contributed by atoms with van der Waals surface area (Å²) < 4.78 is 45.1. The van der Waals surface area contributed by atoms with Gasteiger partial charge in [0.2, 0.25) is 0 Å². The SMILES string of the molecule is CCOC(=O)Cc1cc(C)cc(CN2CCN(c3nc4ccc(C(F)(F)F)cc4s3)C(C(C)C)C2)c1. The number of nitrogens with zero attached hydrogens (tertiary/aromatic N) is 3. The molecule has 5 nitrogen and oxygen atoms in total. The van der Waals surface area contributed by atoms with Crippen LogP contribution in [0.1, 0.15) is 43.0 Å². The first kappa shape index (κ1) is 26.4. The van der Waals surface area contributed by atoms with Gasteiger partial charge in [0.15, 0.2) is 5.13 Å². The van der Waals surface area contributed by atoms with E-state index in [1.54, 1.807) is 6.92 Å². The summed E-state index contributed by atoms with van der Waals surface area (Å²) in [7, 11) is 0. The molecule has 1 aromatic heterocycles. The second-order valence-electron chi connectivity index (χ2n) is 9.73. The largest absolute Gasteiger partial charge is 0.466 e. The summed E-state index contributed by atoms with van der Waals surface area (Å²) in [5, 5.41) is 0.773. The third kappa shape index (κ3) is 6.18. The van der Waals surface area contributed by atoms with Crippen molar-refractivity contribution in [2.24, 2.45) is 5.92 Å². The Morgan fingerprint density at radius 1 is 1.17 bits per heavy atom. The number of aryl methyl sites for hydroxylation is 1. The molecule has 1 atom stereocenters. The fourth-order valence-corrected chi connectivity index (χ4v) is 5.90. The number of fused-ring (bicyclic) bond motifs is 1. The first-order valence-corrected chi connectivity index (χ1v) is 13.1. The van der Waals surface area contributed by atoms with E-state index in [1.165, 1.54) is 23.5 Å². The molecule has 2 aromatic carbocycles. The lowest BCUT2D eigenvalue weighted by Gasteiger charge is -2.43. The van der Waals surface area contributed by atoms with Crippen LogP contribution in [0.4, 0.5) is 18.3 Å². The Kier molecular flexibility index (Phi) is 7.90. The van der Waals surface area contributed by atoms with Crippen molar-refractivity contribution in [1.29, 1.82) is 0 Å². The molecule has 0 radical (unpaired) electrons. The van der Waals surface area contributed by atoms with Gasteiger partial charge in [0.05, 0.1) is 28.8 Å². The van der Waals surface area contributed by atoms with Gasteiger partial charge in [-0.3, -0.25) is 9.69 Å². The summed E-state index contributed by atoms with van der Waals surface area (Å²) in [6.07, 6.45) is -4.10. The number of carbonyl (C=O) groups is 1. The van der Waals surface area contributed by atoms with Gasteiger partial charge >= 0.3 is 12.1 Å². The number of hydrogen-bond acceptors (Lipinski definition) is 6. The summed E-state index contributed by atoms with van der Waals surface area (Å²) in [5.74, 6) is 0.114. The molecule has 9 heteroatoms. The highest BCUT2D eigenvalue weighted by Crippen LogP contribution is 2.37. The minimum absolute atomic E-state index is 0.185. The Morgan fingerprint density at radius 3 is 2.61 bits per heavy atom. The minimum atomic E-state index is -4.36. The summed E-state index contributed by atoms with van der Waals surface area (Å²) in [6, 6.07) is 10.2. The molecule has 3 aromatic rings. The maximum atomic E-state index is 13.2. The van der Waals surface area contributed by atoms with Gasteiger partial charge in [0.1, 0.15) is 0 Å². The molecule has 0 saturated carbocycles. The van der Waals surface area contributed by atoms with Crippen molar-refractivity contribution in [3.05, 3.63) is 58.7 Å². The van der Waals surface area contributed by atoms with E-state index >= 15 is 0 Å². The fraction of sp³-hybridized carbons (Fsp3) is 0.481. The van der Waals surface area contributed by atoms with Crippen LogP contribution in [0.2, 0.25) is 0 Å². The van der Waals surface area contributed by atoms with Crippen molar-refractivity contribution in [3.63, 3.8) is 0 Å². The van der Waals surface area contributed by atoms with E-state index in [2.05, 4.69) is 40.8 Å². The molecular formula is C27H32F3N3O2S. The number of aromatic nitrogens is 1. The molecule has 1 fully saturated rings. The zero-order valence-electron chi connectivity index (χ0n) is 21.1. The number of halogens is 3. The smallest absolute Gasteiger partial charge is 0.416 e. The number of benzene rings is 2. The summed E-state index contributed by atoms with van der Waals surface area (Å²) in [6.45, 7) is 11.7. The van der Waals surface area contributed by atoms with Crippen molar-refractivity contribution in [3.8, 4) is 0 Å². The predicted octanol–water partition coefficient (Wildman–Crippen LogP) is 6.08. The van der Waals surface area contributed by atoms with Gasteiger partial charge in [-0.2, -0.15) is 13.2 Å². The second-order valence-corrected chi connectivity index (χ2v) is 10.7. The van der Waals surface area contributed by atoms with Crippen LogP contribution in [-0.4, -0.2) is 48.1 Å². The predicted molar refractivity (Wildman–Crippen MR) is 137 cm³/mol. The highest BCUT2D eigenvalue weighted by atomic mass is 32.1. The molecule has 0 amide bonds. The van der Waals surface area contributed by atoms with Gasteiger partial charge in [-0.15, -0.1) is 0 Å². The molecule has 0 aliphatic carbocycles. The van der Waals surface area contributed by atoms with E-state index in [4.69, 9.17) is 4.74 Å². The topological polar surface area (TPSA) is 45.7 Å². The lowest BCUT2D eigenvalue weighted by Crippen LogP contribution is -2.55. The monoisotopic (exact) mass is 519 g/mol. The number of esters is 1. The Balaban J connectivity index is 1.50. The van der Waals surface area contributed by atoms with E-state index in [9.17, 15) is 18.0 Å². The van der Waals surface area contributed by atoms with Crippen molar-refractivity contribution in [2.75, 3.05) is 31.1 Å². The maximum absolute atomic E-state index is 13.2. The van der Waals surface area contributed by atoms with Gasteiger partial charge in [-0.05, 0) is 49.1 Å². The van der Waals surface area contributed by atoms with Crippen LogP contribution in [0.25, 0.3) is 10.2 Å². The van der Waals surface area contributed by atoms with Crippen LogP contribution >= 0.6 is 11.3 Å². The zero-order valence-corrected chi connectivity index (χ0v) is 21.9. The number of ether oxygens (including phenoxy) is 1. The highest BCUT2D eigenvalue weighted by Gasteiger charge is 2.33. The Hall–Kier alpha value is -2.65. The Morgan fingerprint density at radius 2 is 1.92 bits per heavy atom. The number of hydrogen-bond donors (Lipinski definition) is 0. The van der Waals surface area contributed by atoms with Crippen LogP contribution in [0.5, 0.6) is 0 Å². The number of thiazole rings is 1. The molecule has 1 aliphatic heterocycles. The third-order valence-electron chi connectivity index (χ3n) is 6.48. The number of carbonyl (C=O) groups excluding carboxylic acids is 1. The quantitative estimate of drug-likeness (QED) is 0.354. The van der Waals surface area contributed by atoms with Crippen molar-refractivity contribution < 1.29 is 22.7 Å². The maximum Gasteiger partial charge on any atom is 0.416 e. The average molecular weight is 520 g/mol. The number of piperazine rings is 1. The molecule has 194 valence electrons. The summed E-state index contributed by atoms with van der Waals surface area (Å²) >= 11 is 1.33. The standard InChI is InChI=1S/C27H32F3N3O2S/c1-5-35-25(34)13-19-10-18(4)11-20(12-19)15-32-8-9-33(23(16-32)17(2)3)26-31-22-7-6-21(27(28,29)30)14-24(22)36-26/h6-7,10-12,14,17,23H,5,8-9,13,15-16H2,1-4H3. The molecule has 0 spiro atoms. The molecule has 0 bridgehead atoms. The average Bonchev–Trinajstić information content (AvgIpc) is 3.21. The number of rotatable bonds is 7. The molecule has 2 heterocycles. The van der Waals surface area contributed by atoms with E-state index in [0.29, 0.717) is 22.7 Å². The first-order chi connectivity index (χ1) is 17.0. The zero-order chi connectivity index (χ0) is 26.0. The second kappa shape index (κ2) is 10.8. The van der Waals surface area contributed by atoms with Crippen LogP contribution in [0.3, 0.4) is 0 Å². The third-order valence-corrected chi connectivity index (χ3v) is 7.53. The van der Waals surface area contributed by atoms with Crippen molar-refractivity contribution >= 4 is 32.7 Å². The van der Waals surface area contributed by atoms with E-state index in [1.807, 2.05) is 13.0 Å². The molecule has 1 saturated heterocycles. The van der Waals surface area contributed by atoms with Gasteiger partial charge in [0.25, 0.3) is 0 Å². The van der Waals surface area contributed by atoms with Crippen LogP contribution in [0.15, 0.2) is 36.4 Å². The lowest BCUT2D eigenvalue weighted by atomic mass is 9.99. The van der Waals surface area contributed by atoms with Gasteiger partial charge < -0.3 is 9.64 Å². The fourth-order valence-electron chi connectivity index (χ4n) is 4.81. The summed E-state index contributed by atoms with van der Waals surface area (Å²) in [5.41, 5.74) is 3.18. The van der Waals surface area contributed by atoms with Crippen LogP contribution < -0.4 is 4.90 Å². The molecule has 4 rings (SSSR count). The molecule has 1 unspecified atom stereocenters. The molecular weight excluding hydrogens is 487 g/mol. The first-order valence-electron chi connectivity index (χ1n) is 12.3. The van der Waals surface area contributed by atoms with Gasteiger partial charge in [-0.1, -0.05) is 48.9 Å². The Labute approximate surface area is 213 Å². The van der Waals surface area contributed by atoms with Gasteiger partial charge in [-0.25, -0.2) is 4.98 Å². The molecule has 0 N–H and O–H groups in total. The minimum Gasteiger partial charge on any atom is -0.466 e. The van der Waals surface area contributed by atoms with E-state index < -0.39 is 11.7 Å². The number of anilines is 1. The van der Waals surface area contributed by atoms with Crippen molar-refractivity contribution in [2.45, 2.75) is 52.9 Å². The highest BCUT2D eigenvalue weighted by molar-refractivity contribution is 7.22. The van der Waals surface area contributed by atoms with Gasteiger partial charge in [0, 0.05) is 32.2 Å². The van der Waals surface area contributed by atoms with Crippen LogP contribution in [0, 0.1) is 12.8 Å². The van der Waals surface area contributed by atoms with E-state index in [-0.39, 0.29) is 18.4 Å². The molecule has 36 heavy (non-hydrogen) atoms. The normalized spacial score (nSPS) is 17.2. The summed E-state index contributed by atoms with van der Waals surface area (Å²) in [4.78, 5) is 21.3. The van der Waals surface area contributed by atoms with Crippen LogP contribution in [-0.2, 0) is 28.7 Å². The van der Waals surface area contributed by atoms with E-state index in [0.717, 1.165) is 54.1 Å². The van der Waals surface area contributed by atoms with Crippen molar-refractivity contribution in [1.82, 2.24) is 9.88 Å².